The van der Waals surface area contributed by atoms with Gasteiger partial charge in [0.2, 0.25) is 0 Å². The van der Waals surface area contributed by atoms with Gasteiger partial charge in [0.15, 0.2) is 0 Å². The van der Waals surface area contributed by atoms with E-state index in [1.807, 2.05) is 6.92 Å². The molecular formula is C25H30N6. The van der Waals surface area contributed by atoms with Crippen LogP contribution in [-0.2, 0) is 0 Å². The Morgan fingerprint density at radius 3 is 2.55 bits per heavy atom. The normalized spacial score (nSPS) is 17.2. The molecule has 0 aliphatic carbocycles. The van der Waals surface area contributed by atoms with Crippen molar-refractivity contribution in [3.63, 3.8) is 0 Å². The van der Waals surface area contributed by atoms with Gasteiger partial charge < -0.3 is 14.6 Å². The van der Waals surface area contributed by atoms with Crippen molar-refractivity contribution in [2.45, 2.75) is 52.6 Å². The summed E-state index contributed by atoms with van der Waals surface area (Å²) in [4.78, 5) is 16.8. The van der Waals surface area contributed by atoms with E-state index in [2.05, 4.69) is 90.0 Å². The Hall–Kier alpha value is -2.99. The minimum Gasteiger partial charge on any atom is -0.355 e. The summed E-state index contributed by atoms with van der Waals surface area (Å²) < 4.78 is 2.09. The standard InChI is InChI=1S/C25H30N6/c1-16-12-18(14-31-13-17(2)26-24(16)31)20-6-7-22-21(27-20)8-9-23(28-22)30-11-10-19(15-30)29-25(3,4)5/h6-9,12-14,19,29H,10-11,15H2,1-5H3. The number of pyridine rings is 3. The Morgan fingerprint density at radius 1 is 0.968 bits per heavy atom. The second-order valence-corrected chi connectivity index (χ2v) is 9.76. The maximum Gasteiger partial charge on any atom is 0.139 e. The molecule has 1 aliphatic heterocycles. The number of rotatable bonds is 3. The van der Waals surface area contributed by atoms with Crippen LogP contribution in [0.5, 0.6) is 0 Å². The molecule has 1 fully saturated rings. The van der Waals surface area contributed by atoms with Gasteiger partial charge in [0.25, 0.3) is 0 Å². The molecule has 6 heteroatoms. The van der Waals surface area contributed by atoms with Crippen LogP contribution in [-0.4, -0.2) is 44.0 Å². The molecule has 6 nitrogen and oxygen atoms in total. The Bertz CT molecular complexity index is 1270. The highest BCUT2D eigenvalue weighted by molar-refractivity contribution is 5.80. The molecule has 1 aliphatic rings. The number of hydrogen-bond donors (Lipinski definition) is 1. The minimum atomic E-state index is 0.134. The van der Waals surface area contributed by atoms with E-state index in [0.29, 0.717) is 6.04 Å². The smallest absolute Gasteiger partial charge is 0.139 e. The zero-order valence-corrected chi connectivity index (χ0v) is 19.0. The van der Waals surface area contributed by atoms with Gasteiger partial charge in [0.05, 0.1) is 22.4 Å². The van der Waals surface area contributed by atoms with Crippen molar-refractivity contribution in [2.75, 3.05) is 18.0 Å². The molecule has 5 rings (SSSR count). The minimum absolute atomic E-state index is 0.134. The van der Waals surface area contributed by atoms with Gasteiger partial charge in [-0.1, -0.05) is 0 Å². The van der Waals surface area contributed by atoms with E-state index in [9.17, 15) is 0 Å². The fourth-order valence-corrected chi connectivity index (χ4v) is 4.57. The van der Waals surface area contributed by atoms with E-state index in [0.717, 1.165) is 64.5 Å². The highest BCUT2D eigenvalue weighted by Crippen LogP contribution is 2.26. The highest BCUT2D eigenvalue weighted by atomic mass is 15.2. The number of nitrogens with one attached hydrogen (secondary N) is 1. The molecule has 0 amide bonds. The fraction of sp³-hybridized carbons (Fsp3) is 0.400. The largest absolute Gasteiger partial charge is 0.355 e. The lowest BCUT2D eigenvalue weighted by molar-refractivity contribution is 0.373. The van der Waals surface area contributed by atoms with Crippen LogP contribution in [0, 0.1) is 13.8 Å². The Kier molecular flexibility index (Phi) is 4.70. The first-order valence-electron chi connectivity index (χ1n) is 11.0. The van der Waals surface area contributed by atoms with Crippen molar-refractivity contribution in [2.24, 2.45) is 0 Å². The molecule has 1 N–H and O–H groups in total. The second-order valence-electron chi connectivity index (χ2n) is 9.76. The summed E-state index contributed by atoms with van der Waals surface area (Å²) in [5, 5.41) is 3.71. The molecule has 160 valence electrons. The van der Waals surface area contributed by atoms with Crippen LogP contribution >= 0.6 is 0 Å². The molecule has 0 saturated carbocycles. The van der Waals surface area contributed by atoms with E-state index in [-0.39, 0.29) is 5.54 Å². The van der Waals surface area contributed by atoms with Crippen LogP contribution in [0.15, 0.2) is 42.7 Å². The van der Waals surface area contributed by atoms with Crippen molar-refractivity contribution >= 4 is 22.5 Å². The first-order valence-corrected chi connectivity index (χ1v) is 11.0. The van der Waals surface area contributed by atoms with Gasteiger partial charge in [-0.2, -0.15) is 0 Å². The third-order valence-electron chi connectivity index (χ3n) is 5.83. The third-order valence-corrected chi connectivity index (χ3v) is 5.83. The third kappa shape index (κ3) is 4.00. The molecule has 0 spiro atoms. The van der Waals surface area contributed by atoms with E-state index < -0.39 is 0 Å². The van der Waals surface area contributed by atoms with Gasteiger partial charge in [-0.05, 0) is 76.9 Å². The molecule has 0 bridgehead atoms. The molecule has 4 aromatic heterocycles. The van der Waals surface area contributed by atoms with Crippen molar-refractivity contribution in [3.05, 3.63) is 54.0 Å². The molecule has 4 aromatic rings. The summed E-state index contributed by atoms with van der Waals surface area (Å²) in [6.07, 6.45) is 5.30. The molecule has 0 radical (unpaired) electrons. The Labute approximate surface area is 183 Å². The number of anilines is 1. The van der Waals surface area contributed by atoms with Crippen LogP contribution in [0.2, 0.25) is 0 Å². The van der Waals surface area contributed by atoms with Crippen LogP contribution in [0.3, 0.4) is 0 Å². The lowest BCUT2D eigenvalue weighted by Gasteiger charge is -2.26. The summed E-state index contributed by atoms with van der Waals surface area (Å²) >= 11 is 0. The molecule has 0 aromatic carbocycles. The number of fused-ring (bicyclic) bond motifs is 2. The van der Waals surface area contributed by atoms with E-state index in [1.165, 1.54) is 0 Å². The molecule has 1 saturated heterocycles. The Morgan fingerprint density at radius 2 is 1.74 bits per heavy atom. The van der Waals surface area contributed by atoms with Crippen LogP contribution in [0.4, 0.5) is 5.82 Å². The average Bonchev–Trinajstić information content (AvgIpc) is 3.32. The fourth-order valence-electron chi connectivity index (χ4n) is 4.57. The monoisotopic (exact) mass is 414 g/mol. The summed E-state index contributed by atoms with van der Waals surface area (Å²) in [5.41, 5.74) is 7.19. The molecule has 1 unspecified atom stereocenters. The first kappa shape index (κ1) is 19.9. The van der Waals surface area contributed by atoms with E-state index in [1.54, 1.807) is 0 Å². The number of nitrogens with zero attached hydrogens (tertiary/aromatic N) is 5. The number of imidazole rings is 1. The summed E-state index contributed by atoms with van der Waals surface area (Å²) in [7, 11) is 0. The number of aromatic nitrogens is 4. The maximum atomic E-state index is 4.91. The molecular weight excluding hydrogens is 384 g/mol. The van der Waals surface area contributed by atoms with E-state index >= 15 is 0 Å². The van der Waals surface area contributed by atoms with Gasteiger partial charge in [0.1, 0.15) is 11.5 Å². The lowest BCUT2D eigenvalue weighted by Crippen LogP contribution is -2.44. The molecule has 1 atom stereocenters. The average molecular weight is 415 g/mol. The van der Waals surface area contributed by atoms with Crippen molar-refractivity contribution < 1.29 is 0 Å². The quantitative estimate of drug-likeness (QED) is 0.534. The zero-order valence-electron chi connectivity index (χ0n) is 19.0. The molecule has 5 heterocycles. The predicted molar refractivity (Wildman–Crippen MR) is 127 cm³/mol. The van der Waals surface area contributed by atoms with Crippen molar-refractivity contribution in [1.82, 2.24) is 24.7 Å². The lowest BCUT2D eigenvalue weighted by atomic mass is 10.1. The van der Waals surface area contributed by atoms with Crippen LogP contribution in [0.1, 0.15) is 38.4 Å². The predicted octanol–water partition coefficient (Wildman–Crippen LogP) is 4.53. The second kappa shape index (κ2) is 7.31. The van der Waals surface area contributed by atoms with Gasteiger partial charge in [-0.15, -0.1) is 0 Å². The van der Waals surface area contributed by atoms with Gasteiger partial charge in [-0.3, -0.25) is 0 Å². The topological polar surface area (TPSA) is 58.4 Å². The highest BCUT2D eigenvalue weighted by Gasteiger charge is 2.26. The van der Waals surface area contributed by atoms with Crippen LogP contribution in [0.25, 0.3) is 27.9 Å². The number of aryl methyl sites for hydroxylation is 2. The Balaban J connectivity index is 1.42. The first-order chi connectivity index (χ1) is 14.7. The van der Waals surface area contributed by atoms with Gasteiger partial charge in [-0.25, -0.2) is 15.0 Å². The van der Waals surface area contributed by atoms with Gasteiger partial charge >= 0.3 is 0 Å². The number of hydrogen-bond acceptors (Lipinski definition) is 5. The van der Waals surface area contributed by atoms with E-state index in [4.69, 9.17) is 9.97 Å². The van der Waals surface area contributed by atoms with Crippen molar-refractivity contribution in [1.29, 1.82) is 0 Å². The van der Waals surface area contributed by atoms with Crippen molar-refractivity contribution in [3.8, 4) is 11.3 Å². The van der Waals surface area contributed by atoms with Gasteiger partial charge in [0, 0.05) is 42.6 Å². The molecule has 31 heavy (non-hydrogen) atoms. The summed E-state index contributed by atoms with van der Waals surface area (Å²) in [5.74, 6) is 1.03. The summed E-state index contributed by atoms with van der Waals surface area (Å²) in [6, 6.07) is 11.0. The zero-order chi connectivity index (χ0) is 21.8. The maximum absolute atomic E-state index is 4.91. The van der Waals surface area contributed by atoms with Crippen LogP contribution < -0.4 is 10.2 Å². The summed E-state index contributed by atoms with van der Waals surface area (Å²) in [6.45, 7) is 12.8. The SMILES string of the molecule is Cc1cn2cc(-c3ccc4nc(N5CCC(NC(C)(C)C)C5)ccc4n3)cc(C)c2n1.